The van der Waals surface area contributed by atoms with Crippen LogP contribution in [0.15, 0.2) is 0 Å². The highest BCUT2D eigenvalue weighted by Gasteiger charge is 2.45. The van der Waals surface area contributed by atoms with Gasteiger partial charge >= 0.3 is 5.97 Å². The molecule has 1 aliphatic rings. The van der Waals surface area contributed by atoms with E-state index in [-0.39, 0.29) is 49.2 Å². The van der Waals surface area contributed by atoms with Crippen LogP contribution >= 0.6 is 0 Å². The fourth-order valence-corrected chi connectivity index (χ4v) is 1.95. The highest BCUT2D eigenvalue weighted by Crippen LogP contribution is 2.33. The summed E-state index contributed by atoms with van der Waals surface area (Å²) < 4.78 is 4.46. The van der Waals surface area contributed by atoms with Crippen molar-refractivity contribution in [3.05, 3.63) is 10.1 Å². The highest BCUT2D eigenvalue weighted by molar-refractivity contribution is 5.79. The molecule has 0 N–H and O–H groups in total. The summed E-state index contributed by atoms with van der Waals surface area (Å²) in [6.45, 7) is 0. The van der Waals surface area contributed by atoms with Crippen LogP contribution in [0.3, 0.4) is 0 Å². The van der Waals surface area contributed by atoms with Crippen molar-refractivity contribution >= 4 is 11.8 Å². The third kappa shape index (κ3) is 2.77. The van der Waals surface area contributed by atoms with Gasteiger partial charge in [-0.3, -0.25) is 19.7 Å². The van der Waals surface area contributed by atoms with E-state index in [1.807, 2.05) is 0 Å². The maximum Gasteiger partial charge on any atom is 0.305 e. The van der Waals surface area contributed by atoms with Gasteiger partial charge in [0.25, 0.3) is 0 Å². The van der Waals surface area contributed by atoms with Crippen LogP contribution in [-0.2, 0) is 14.3 Å². The number of methoxy groups -OCH3 is 1. The lowest BCUT2D eigenvalue weighted by molar-refractivity contribution is -0.574. The van der Waals surface area contributed by atoms with Crippen molar-refractivity contribution in [1.29, 1.82) is 0 Å². The van der Waals surface area contributed by atoms with Crippen molar-refractivity contribution in [2.45, 2.75) is 44.1 Å². The first-order valence-electron chi connectivity index (χ1n) is 5.23. The predicted octanol–water partition coefficient (Wildman–Crippen LogP) is 1.10. The van der Waals surface area contributed by atoms with Crippen LogP contribution in [0, 0.1) is 10.1 Å². The van der Waals surface area contributed by atoms with Gasteiger partial charge in [-0.2, -0.15) is 0 Å². The molecule has 1 saturated carbocycles. The number of nitro groups is 1. The molecular formula is C10H15NO5. The van der Waals surface area contributed by atoms with E-state index in [4.69, 9.17) is 0 Å². The van der Waals surface area contributed by atoms with E-state index in [9.17, 15) is 19.7 Å². The van der Waals surface area contributed by atoms with Gasteiger partial charge in [0.05, 0.1) is 13.5 Å². The van der Waals surface area contributed by atoms with E-state index in [0.29, 0.717) is 0 Å². The van der Waals surface area contributed by atoms with E-state index in [0.717, 1.165) is 0 Å². The van der Waals surface area contributed by atoms with Gasteiger partial charge in [-0.25, -0.2) is 0 Å². The molecule has 0 aromatic carbocycles. The standard InChI is InChI=1S/C10H15NO5/c1-16-9(13)4-7-10(11(14)15)5-2-8(12)3-6-10/h2-7H2,1H3. The van der Waals surface area contributed by atoms with Crippen LogP contribution in [0.5, 0.6) is 0 Å². The number of esters is 1. The van der Waals surface area contributed by atoms with Crippen molar-refractivity contribution in [3.8, 4) is 0 Å². The minimum atomic E-state index is -1.11. The molecule has 0 spiro atoms. The fraction of sp³-hybridized carbons (Fsp3) is 0.800. The van der Waals surface area contributed by atoms with Gasteiger partial charge in [0.1, 0.15) is 5.78 Å². The number of rotatable bonds is 4. The summed E-state index contributed by atoms with van der Waals surface area (Å²) in [6.07, 6.45) is 1.13. The van der Waals surface area contributed by atoms with E-state index < -0.39 is 11.5 Å². The van der Waals surface area contributed by atoms with Gasteiger partial charge < -0.3 is 4.74 Å². The molecule has 1 rings (SSSR count). The quantitative estimate of drug-likeness (QED) is 0.409. The number of hydrogen-bond donors (Lipinski definition) is 0. The summed E-state index contributed by atoms with van der Waals surface area (Å²) in [5, 5.41) is 11.0. The van der Waals surface area contributed by atoms with E-state index in [1.165, 1.54) is 7.11 Å². The minimum Gasteiger partial charge on any atom is -0.469 e. The minimum absolute atomic E-state index is 0.0334. The average Bonchev–Trinajstić information content (AvgIpc) is 2.28. The lowest BCUT2D eigenvalue weighted by atomic mass is 9.78. The normalized spacial score (nSPS) is 19.2. The summed E-state index contributed by atoms with van der Waals surface area (Å²) in [7, 11) is 1.26. The zero-order valence-electron chi connectivity index (χ0n) is 9.23. The largest absolute Gasteiger partial charge is 0.469 e. The number of Topliss-reactive ketones (excluding diaryl/α,β-unsaturated/α-hetero) is 1. The first kappa shape index (κ1) is 12.6. The fourth-order valence-electron chi connectivity index (χ4n) is 1.95. The molecule has 16 heavy (non-hydrogen) atoms. The highest BCUT2D eigenvalue weighted by atomic mass is 16.6. The second kappa shape index (κ2) is 5.05. The summed E-state index contributed by atoms with van der Waals surface area (Å²) >= 11 is 0. The molecule has 1 fully saturated rings. The Kier molecular flexibility index (Phi) is 3.98. The lowest BCUT2D eigenvalue weighted by Crippen LogP contribution is -2.42. The molecule has 0 heterocycles. The van der Waals surface area contributed by atoms with Crippen LogP contribution in [0.2, 0.25) is 0 Å². The maximum absolute atomic E-state index is 11.1. The van der Waals surface area contributed by atoms with Gasteiger partial charge in [0.2, 0.25) is 5.54 Å². The number of ketones is 1. The SMILES string of the molecule is COC(=O)CCC1([N+](=O)[O-])CCC(=O)CC1. The van der Waals surface area contributed by atoms with Crippen LogP contribution < -0.4 is 0 Å². The lowest BCUT2D eigenvalue weighted by Gasteiger charge is -2.28. The van der Waals surface area contributed by atoms with Gasteiger partial charge in [-0.15, -0.1) is 0 Å². The molecule has 0 unspecified atom stereocenters. The molecule has 6 heteroatoms. The van der Waals surface area contributed by atoms with Gasteiger partial charge in [-0.05, 0) is 0 Å². The third-order valence-corrected chi connectivity index (χ3v) is 3.15. The number of carbonyl (C=O) groups excluding carboxylic acids is 2. The number of ether oxygens (including phenoxy) is 1. The van der Waals surface area contributed by atoms with Crippen molar-refractivity contribution in [1.82, 2.24) is 0 Å². The molecule has 6 nitrogen and oxygen atoms in total. The Bertz CT molecular complexity index is 302. The van der Waals surface area contributed by atoms with E-state index in [1.54, 1.807) is 0 Å². The molecule has 0 saturated heterocycles. The molecule has 90 valence electrons. The summed E-state index contributed by atoms with van der Waals surface area (Å²) in [6, 6.07) is 0. The molecule has 1 aliphatic carbocycles. The number of nitrogens with zero attached hydrogens (tertiary/aromatic N) is 1. The summed E-state index contributed by atoms with van der Waals surface area (Å²) in [5.74, 6) is -0.381. The predicted molar refractivity (Wildman–Crippen MR) is 54.5 cm³/mol. The molecule has 0 amide bonds. The second-order valence-corrected chi connectivity index (χ2v) is 4.10. The average molecular weight is 229 g/mol. The van der Waals surface area contributed by atoms with Crippen molar-refractivity contribution in [2.24, 2.45) is 0 Å². The Balaban J connectivity index is 2.63. The summed E-state index contributed by atoms with van der Waals surface area (Å²) in [4.78, 5) is 32.7. The van der Waals surface area contributed by atoms with Gasteiger partial charge in [0, 0.05) is 37.0 Å². The van der Waals surface area contributed by atoms with Crippen molar-refractivity contribution < 1.29 is 19.2 Å². The monoisotopic (exact) mass is 229 g/mol. The zero-order chi connectivity index (χ0) is 12.2. The molecule has 0 bridgehead atoms. The molecule has 0 aromatic rings. The van der Waals surface area contributed by atoms with Crippen molar-refractivity contribution in [2.75, 3.05) is 7.11 Å². The third-order valence-electron chi connectivity index (χ3n) is 3.15. The van der Waals surface area contributed by atoms with E-state index >= 15 is 0 Å². The Morgan fingerprint density at radius 1 is 1.50 bits per heavy atom. The first-order chi connectivity index (χ1) is 7.50. The van der Waals surface area contributed by atoms with Gasteiger partial charge in [0.15, 0.2) is 0 Å². The Morgan fingerprint density at radius 2 is 2.06 bits per heavy atom. The van der Waals surface area contributed by atoms with E-state index in [2.05, 4.69) is 4.74 Å². The molecule has 0 aromatic heterocycles. The van der Waals surface area contributed by atoms with Crippen LogP contribution in [0.1, 0.15) is 38.5 Å². The smallest absolute Gasteiger partial charge is 0.305 e. The maximum atomic E-state index is 11.1. The van der Waals surface area contributed by atoms with Crippen LogP contribution in [0.25, 0.3) is 0 Å². The summed E-state index contributed by atoms with van der Waals surface area (Å²) in [5.41, 5.74) is -1.11. The van der Waals surface area contributed by atoms with Crippen LogP contribution in [0.4, 0.5) is 0 Å². The Morgan fingerprint density at radius 3 is 2.50 bits per heavy atom. The Labute approximate surface area is 93.1 Å². The molecule has 0 aliphatic heterocycles. The van der Waals surface area contributed by atoms with Crippen molar-refractivity contribution in [3.63, 3.8) is 0 Å². The van der Waals surface area contributed by atoms with Crippen LogP contribution in [-0.4, -0.2) is 29.3 Å². The van der Waals surface area contributed by atoms with Gasteiger partial charge in [-0.1, -0.05) is 0 Å². The molecule has 0 radical (unpaired) electrons. The first-order valence-corrected chi connectivity index (χ1v) is 5.23. The molecule has 0 atom stereocenters. The number of hydrogen-bond acceptors (Lipinski definition) is 5. The molecular weight excluding hydrogens is 214 g/mol. The Hall–Kier alpha value is -1.46. The topological polar surface area (TPSA) is 86.5 Å². The number of carbonyl (C=O) groups is 2. The second-order valence-electron chi connectivity index (χ2n) is 4.10. The zero-order valence-corrected chi connectivity index (χ0v) is 9.23.